The first-order valence-electron chi connectivity index (χ1n) is 3.15. The van der Waals surface area contributed by atoms with Crippen LogP contribution in [0.3, 0.4) is 0 Å². The Morgan fingerprint density at radius 1 is 1.73 bits per heavy atom. The molecule has 5 heteroatoms. The van der Waals surface area contributed by atoms with E-state index in [9.17, 15) is 9.00 Å². The lowest BCUT2D eigenvalue weighted by Gasteiger charge is -2.08. The van der Waals surface area contributed by atoms with E-state index in [2.05, 4.69) is 0 Å². The van der Waals surface area contributed by atoms with E-state index in [1.807, 2.05) is 0 Å². The van der Waals surface area contributed by atoms with E-state index in [1.165, 1.54) is 18.0 Å². The minimum Gasteiger partial charge on any atom is -0.464 e. The standard InChI is InChI=1S/C6H12O3S2/c1-4-9-5(7)6(10-2)11(3)8/h6H,4H2,1-3H3. The normalized spacial score (nSPS) is 15.5. The highest BCUT2D eigenvalue weighted by Crippen LogP contribution is 2.11. The van der Waals surface area contributed by atoms with Gasteiger partial charge in [0.15, 0.2) is 4.58 Å². The summed E-state index contributed by atoms with van der Waals surface area (Å²) < 4.78 is 15.1. The van der Waals surface area contributed by atoms with Gasteiger partial charge in [-0.25, -0.2) is 4.79 Å². The molecule has 66 valence electrons. The van der Waals surface area contributed by atoms with Gasteiger partial charge in [0.1, 0.15) is 0 Å². The van der Waals surface area contributed by atoms with Crippen LogP contribution in [0.15, 0.2) is 0 Å². The molecule has 0 heterocycles. The van der Waals surface area contributed by atoms with E-state index < -0.39 is 15.4 Å². The SMILES string of the molecule is CCOC(=O)C(SC)S(C)=O. The third-order valence-corrected chi connectivity index (χ3v) is 3.80. The minimum absolute atomic E-state index is 0.340. The molecule has 2 unspecified atom stereocenters. The first-order valence-corrected chi connectivity index (χ1v) is 6.06. The Morgan fingerprint density at radius 3 is 2.55 bits per heavy atom. The number of esters is 1. The zero-order valence-electron chi connectivity index (χ0n) is 6.83. The summed E-state index contributed by atoms with van der Waals surface area (Å²) in [5.74, 6) is -0.388. The maximum Gasteiger partial charge on any atom is 0.331 e. The lowest BCUT2D eigenvalue weighted by molar-refractivity contribution is -0.140. The number of carbonyl (C=O) groups is 1. The predicted octanol–water partition coefficient (Wildman–Crippen LogP) is 0.617. The van der Waals surface area contributed by atoms with Crippen LogP contribution in [0.2, 0.25) is 0 Å². The lowest BCUT2D eigenvalue weighted by Crippen LogP contribution is -2.23. The van der Waals surface area contributed by atoms with Crippen LogP contribution in [0.25, 0.3) is 0 Å². The van der Waals surface area contributed by atoms with Crippen molar-refractivity contribution in [1.82, 2.24) is 0 Å². The fourth-order valence-electron chi connectivity index (χ4n) is 0.578. The quantitative estimate of drug-likeness (QED) is 0.618. The van der Waals surface area contributed by atoms with Gasteiger partial charge >= 0.3 is 5.97 Å². The molecule has 0 radical (unpaired) electrons. The number of rotatable bonds is 4. The Balaban J connectivity index is 4.03. The summed E-state index contributed by atoms with van der Waals surface area (Å²) in [6, 6.07) is 0. The summed E-state index contributed by atoms with van der Waals surface area (Å²) in [6.45, 7) is 2.07. The molecule has 0 saturated heterocycles. The van der Waals surface area contributed by atoms with Gasteiger partial charge in [-0.15, -0.1) is 11.8 Å². The van der Waals surface area contributed by atoms with Crippen molar-refractivity contribution in [2.45, 2.75) is 11.5 Å². The first kappa shape index (κ1) is 11.0. The summed E-state index contributed by atoms with van der Waals surface area (Å²) in [5, 5.41) is 0. The number of hydrogen-bond acceptors (Lipinski definition) is 4. The predicted molar refractivity (Wildman–Crippen MR) is 48.0 cm³/mol. The summed E-state index contributed by atoms with van der Waals surface area (Å²) in [6.07, 6.45) is 3.24. The van der Waals surface area contributed by atoms with Crippen LogP contribution < -0.4 is 0 Å². The molecule has 2 atom stereocenters. The van der Waals surface area contributed by atoms with Crippen LogP contribution in [-0.4, -0.2) is 33.9 Å². The third-order valence-electron chi connectivity index (χ3n) is 0.995. The number of carbonyl (C=O) groups excluding carboxylic acids is 1. The van der Waals surface area contributed by atoms with E-state index >= 15 is 0 Å². The zero-order chi connectivity index (χ0) is 8.85. The van der Waals surface area contributed by atoms with Gasteiger partial charge in [-0.3, -0.25) is 4.21 Å². The van der Waals surface area contributed by atoms with Crippen molar-refractivity contribution in [1.29, 1.82) is 0 Å². The fourth-order valence-corrected chi connectivity index (χ4v) is 2.26. The molecule has 11 heavy (non-hydrogen) atoms. The molecule has 0 spiro atoms. The number of thioether (sulfide) groups is 1. The molecule has 0 bridgehead atoms. The average Bonchev–Trinajstić information content (AvgIpc) is 1.88. The van der Waals surface area contributed by atoms with Gasteiger partial charge in [0, 0.05) is 17.1 Å². The maximum absolute atomic E-state index is 11.0. The zero-order valence-corrected chi connectivity index (χ0v) is 8.46. The first-order chi connectivity index (χ1) is 5.13. The monoisotopic (exact) mass is 196 g/mol. The van der Waals surface area contributed by atoms with E-state index in [0.717, 1.165) is 0 Å². The molecule has 0 amide bonds. The largest absolute Gasteiger partial charge is 0.464 e. The molecule has 0 aliphatic rings. The Kier molecular flexibility index (Phi) is 5.58. The average molecular weight is 196 g/mol. The van der Waals surface area contributed by atoms with Gasteiger partial charge in [0.25, 0.3) is 0 Å². The van der Waals surface area contributed by atoms with E-state index in [0.29, 0.717) is 6.61 Å². The van der Waals surface area contributed by atoms with Gasteiger partial charge < -0.3 is 4.74 Å². The summed E-state index contributed by atoms with van der Waals surface area (Å²) in [7, 11) is -1.15. The van der Waals surface area contributed by atoms with Gasteiger partial charge in [0.05, 0.1) is 6.61 Å². The Bertz CT molecular complexity index is 158. The highest BCUT2D eigenvalue weighted by Gasteiger charge is 2.21. The van der Waals surface area contributed by atoms with Crippen molar-refractivity contribution in [2.24, 2.45) is 0 Å². The van der Waals surface area contributed by atoms with Crippen molar-refractivity contribution in [3.63, 3.8) is 0 Å². The smallest absolute Gasteiger partial charge is 0.331 e. The highest BCUT2D eigenvalue weighted by molar-refractivity contribution is 8.11. The minimum atomic E-state index is -1.15. The summed E-state index contributed by atoms with van der Waals surface area (Å²) in [4.78, 5) is 11.0. The molecule has 0 aromatic carbocycles. The molecule has 0 aromatic rings. The van der Waals surface area contributed by atoms with E-state index in [-0.39, 0.29) is 5.97 Å². The number of hydrogen-bond donors (Lipinski definition) is 0. The van der Waals surface area contributed by atoms with Crippen molar-refractivity contribution in [2.75, 3.05) is 19.1 Å². The molecule has 0 fully saturated rings. The second-order valence-electron chi connectivity index (χ2n) is 1.82. The highest BCUT2D eigenvalue weighted by atomic mass is 32.2. The Labute approximate surface area is 73.3 Å². The molecular weight excluding hydrogens is 184 g/mol. The molecule has 0 rings (SSSR count). The topological polar surface area (TPSA) is 43.4 Å². The molecule has 0 aliphatic carbocycles. The second kappa shape index (κ2) is 5.60. The van der Waals surface area contributed by atoms with Crippen molar-refractivity contribution < 1.29 is 13.7 Å². The number of ether oxygens (including phenoxy) is 1. The van der Waals surface area contributed by atoms with Gasteiger partial charge in [-0.2, -0.15) is 0 Å². The van der Waals surface area contributed by atoms with Gasteiger partial charge in [-0.05, 0) is 13.2 Å². The molecule has 3 nitrogen and oxygen atoms in total. The fraction of sp³-hybridized carbons (Fsp3) is 0.833. The van der Waals surface area contributed by atoms with Crippen LogP contribution in [-0.2, 0) is 20.3 Å². The van der Waals surface area contributed by atoms with Crippen LogP contribution >= 0.6 is 11.8 Å². The van der Waals surface area contributed by atoms with Crippen LogP contribution in [0.5, 0.6) is 0 Å². The Morgan fingerprint density at radius 2 is 2.27 bits per heavy atom. The second-order valence-corrected chi connectivity index (χ2v) is 4.53. The Hall–Kier alpha value is -0.0300. The van der Waals surface area contributed by atoms with Gasteiger partial charge in [-0.1, -0.05) is 0 Å². The van der Waals surface area contributed by atoms with Crippen molar-refractivity contribution in [3.8, 4) is 0 Å². The molecular formula is C6H12O3S2. The van der Waals surface area contributed by atoms with E-state index in [1.54, 1.807) is 13.2 Å². The van der Waals surface area contributed by atoms with Crippen LogP contribution in [0.1, 0.15) is 6.92 Å². The van der Waals surface area contributed by atoms with Crippen molar-refractivity contribution >= 4 is 28.5 Å². The third kappa shape index (κ3) is 3.76. The maximum atomic E-state index is 11.0. The van der Waals surface area contributed by atoms with Crippen LogP contribution in [0, 0.1) is 0 Å². The summed E-state index contributed by atoms with van der Waals surface area (Å²) >= 11 is 1.25. The lowest BCUT2D eigenvalue weighted by atomic mass is 10.7. The van der Waals surface area contributed by atoms with Crippen LogP contribution in [0.4, 0.5) is 0 Å². The molecule has 0 aromatic heterocycles. The molecule has 0 aliphatic heterocycles. The summed E-state index contributed by atoms with van der Waals surface area (Å²) in [5.41, 5.74) is 0. The van der Waals surface area contributed by atoms with Gasteiger partial charge in [0.2, 0.25) is 0 Å². The van der Waals surface area contributed by atoms with Crippen molar-refractivity contribution in [3.05, 3.63) is 0 Å². The molecule has 0 N–H and O–H groups in total. The molecule has 0 saturated carbocycles. The van der Waals surface area contributed by atoms with E-state index in [4.69, 9.17) is 4.74 Å².